The zero-order valence-electron chi connectivity index (χ0n) is 10.7. The molecule has 0 unspecified atom stereocenters. The van der Waals surface area contributed by atoms with Crippen molar-refractivity contribution in [2.45, 2.75) is 12.6 Å². The second-order valence-corrected chi connectivity index (χ2v) is 5.46. The predicted molar refractivity (Wildman–Crippen MR) is 76.5 cm³/mol. The summed E-state index contributed by atoms with van der Waals surface area (Å²) in [6, 6.07) is 4.67. The minimum Gasteiger partial charge on any atom is -0.349 e. The van der Waals surface area contributed by atoms with Gasteiger partial charge in [0.15, 0.2) is 0 Å². The van der Waals surface area contributed by atoms with Gasteiger partial charge in [-0.1, -0.05) is 6.07 Å². The molecule has 3 rings (SSSR count). The Morgan fingerprint density at radius 2 is 2.32 bits per heavy atom. The summed E-state index contributed by atoms with van der Waals surface area (Å²) in [5, 5.41) is 8.52. The number of nitrogens with one attached hydrogen (secondary N) is 2. The molecule has 100 valence electrons. The first kappa shape index (κ1) is 12.3. The third kappa shape index (κ3) is 2.82. The Kier molecular flexibility index (Phi) is 3.56. The highest BCUT2D eigenvalue weighted by Gasteiger charge is 2.27. The van der Waals surface area contributed by atoms with Gasteiger partial charge in [0.25, 0.3) is 0 Å². The fourth-order valence-electron chi connectivity index (χ4n) is 1.93. The van der Waals surface area contributed by atoms with E-state index in [1.807, 2.05) is 13.1 Å². The summed E-state index contributed by atoms with van der Waals surface area (Å²) in [6.45, 7) is 2.65. The van der Waals surface area contributed by atoms with Crippen LogP contribution >= 0.6 is 11.3 Å². The molecule has 1 aliphatic heterocycles. The van der Waals surface area contributed by atoms with Crippen LogP contribution in [0.2, 0.25) is 0 Å². The fourth-order valence-corrected chi connectivity index (χ4v) is 2.57. The first-order valence-corrected chi connectivity index (χ1v) is 7.10. The van der Waals surface area contributed by atoms with Crippen LogP contribution in [0, 0.1) is 0 Å². The molecule has 0 radical (unpaired) electrons. The Labute approximate surface area is 115 Å². The summed E-state index contributed by atoms with van der Waals surface area (Å²) in [5.41, 5.74) is 0. The van der Waals surface area contributed by atoms with Crippen LogP contribution in [-0.2, 0) is 6.54 Å². The SMILES string of the molecule is CNC1CN(c2ncnc(NCc3cccs3)n2)C1. The number of hydrogen-bond donors (Lipinski definition) is 2. The van der Waals surface area contributed by atoms with Crippen LogP contribution in [0.25, 0.3) is 0 Å². The van der Waals surface area contributed by atoms with Gasteiger partial charge in [-0.15, -0.1) is 11.3 Å². The van der Waals surface area contributed by atoms with Crippen LogP contribution < -0.4 is 15.5 Å². The minimum atomic E-state index is 0.541. The maximum atomic E-state index is 4.43. The van der Waals surface area contributed by atoms with Crippen LogP contribution in [-0.4, -0.2) is 41.1 Å². The summed E-state index contributed by atoms with van der Waals surface area (Å²) < 4.78 is 0. The Hall–Kier alpha value is -1.73. The maximum Gasteiger partial charge on any atom is 0.230 e. The molecule has 1 saturated heterocycles. The van der Waals surface area contributed by atoms with Crippen molar-refractivity contribution in [2.75, 3.05) is 30.4 Å². The number of aromatic nitrogens is 3. The Morgan fingerprint density at radius 1 is 1.42 bits per heavy atom. The van der Waals surface area contributed by atoms with Crippen LogP contribution in [0.1, 0.15) is 4.88 Å². The molecule has 7 heteroatoms. The summed E-state index contributed by atoms with van der Waals surface area (Å²) in [7, 11) is 1.98. The Bertz CT molecular complexity index is 523. The number of thiophene rings is 1. The molecule has 0 spiro atoms. The van der Waals surface area contributed by atoms with Gasteiger partial charge in [0.2, 0.25) is 11.9 Å². The van der Waals surface area contributed by atoms with Gasteiger partial charge < -0.3 is 15.5 Å². The summed E-state index contributed by atoms with van der Waals surface area (Å²) in [6.07, 6.45) is 1.56. The van der Waals surface area contributed by atoms with E-state index < -0.39 is 0 Å². The smallest absolute Gasteiger partial charge is 0.230 e. The molecule has 0 amide bonds. The van der Waals surface area contributed by atoms with Crippen molar-refractivity contribution in [1.82, 2.24) is 20.3 Å². The number of rotatable bonds is 5. The lowest BCUT2D eigenvalue weighted by molar-refractivity contribution is 0.443. The molecule has 19 heavy (non-hydrogen) atoms. The van der Waals surface area contributed by atoms with Crippen molar-refractivity contribution in [3.05, 3.63) is 28.7 Å². The standard InChI is InChI=1S/C12H16N6S/c1-13-9-6-18(7-9)12-16-8-15-11(17-12)14-5-10-3-2-4-19-10/h2-4,8-9,13H,5-7H2,1H3,(H,14,15,16,17). The third-order valence-corrected chi connectivity index (χ3v) is 4.01. The topological polar surface area (TPSA) is 66.0 Å². The zero-order valence-corrected chi connectivity index (χ0v) is 11.5. The molecular formula is C12H16N6S. The van der Waals surface area contributed by atoms with Crippen LogP contribution in [0.15, 0.2) is 23.8 Å². The molecule has 1 aliphatic rings. The average molecular weight is 276 g/mol. The lowest BCUT2D eigenvalue weighted by atomic mass is 10.1. The number of likely N-dealkylation sites (N-methyl/N-ethyl adjacent to an activating group) is 1. The van der Waals surface area contributed by atoms with Crippen molar-refractivity contribution in [3.8, 4) is 0 Å². The normalized spacial score (nSPS) is 15.3. The Morgan fingerprint density at radius 3 is 3.05 bits per heavy atom. The van der Waals surface area contributed by atoms with Gasteiger partial charge in [-0.05, 0) is 18.5 Å². The van der Waals surface area contributed by atoms with Gasteiger partial charge in [0, 0.05) is 24.0 Å². The molecule has 2 N–H and O–H groups in total. The molecule has 3 heterocycles. The van der Waals surface area contributed by atoms with Gasteiger partial charge in [-0.25, -0.2) is 9.97 Å². The van der Waals surface area contributed by atoms with Crippen molar-refractivity contribution < 1.29 is 0 Å². The first-order valence-electron chi connectivity index (χ1n) is 6.22. The summed E-state index contributed by atoms with van der Waals surface area (Å²) in [5.74, 6) is 1.38. The molecule has 0 aliphatic carbocycles. The van der Waals surface area contributed by atoms with Gasteiger partial charge in [0.1, 0.15) is 6.33 Å². The van der Waals surface area contributed by atoms with E-state index >= 15 is 0 Å². The lowest BCUT2D eigenvalue weighted by Gasteiger charge is -2.38. The lowest BCUT2D eigenvalue weighted by Crippen LogP contribution is -2.57. The number of hydrogen-bond acceptors (Lipinski definition) is 7. The summed E-state index contributed by atoms with van der Waals surface area (Å²) >= 11 is 1.72. The van der Waals surface area contributed by atoms with Crippen molar-refractivity contribution in [2.24, 2.45) is 0 Å². The van der Waals surface area contributed by atoms with Crippen molar-refractivity contribution >= 4 is 23.2 Å². The molecule has 6 nitrogen and oxygen atoms in total. The minimum absolute atomic E-state index is 0.541. The van der Waals surface area contributed by atoms with Gasteiger partial charge in [-0.3, -0.25) is 0 Å². The number of nitrogens with zero attached hydrogens (tertiary/aromatic N) is 4. The third-order valence-electron chi connectivity index (χ3n) is 3.13. The van der Waals surface area contributed by atoms with E-state index in [-0.39, 0.29) is 0 Å². The maximum absolute atomic E-state index is 4.43. The van der Waals surface area contributed by atoms with Crippen LogP contribution in [0.5, 0.6) is 0 Å². The fraction of sp³-hybridized carbons (Fsp3) is 0.417. The van der Waals surface area contributed by atoms with E-state index in [1.165, 1.54) is 4.88 Å². The molecule has 2 aromatic rings. The van der Waals surface area contributed by atoms with E-state index in [9.17, 15) is 0 Å². The van der Waals surface area contributed by atoms with E-state index in [0.29, 0.717) is 12.0 Å². The average Bonchev–Trinajstić information content (AvgIpc) is 2.89. The largest absolute Gasteiger partial charge is 0.349 e. The van der Waals surface area contributed by atoms with Crippen LogP contribution in [0.4, 0.5) is 11.9 Å². The predicted octanol–water partition coefficient (Wildman–Crippen LogP) is 0.953. The second kappa shape index (κ2) is 5.50. The van der Waals surface area contributed by atoms with E-state index in [1.54, 1.807) is 17.7 Å². The molecule has 1 fully saturated rings. The molecule has 0 saturated carbocycles. The second-order valence-electron chi connectivity index (χ2n) is 4.43. The van der Waals surface area contributed by atoms with Gasteiger partial charge in [-0.2, -0.15) is 4.98 Å². The van der Waals surface area contributed by atoms with Gasteiger partial charge in [0.05, 0.1) is 6.54 Å². The van der Waals surface area contributed by atoms with Crippen molar-refractivity contribution in [3.63, 3.8) is 0 Å². The molecule has 0 atom stereocenters. The van der Waals surface area contributed by atoms with Crippen LogP contribution in [0.3, 0.4) is 0 Å². The highest BCUT2D eigenvalue weighted by atomic mass is 32.1. The Balaban J connectivity index is 1.60. The van der Waals surface area contributed by atoms with E-state index in [0.717, 1.165) is 25.6 Å². The highest BCUT2D eigenvalue weighted by molar-refractivity contribution is 7.09. The summed E-state index contributed by atoms with van der Waals surface area (Å²) in [4.78, 5) is 16.2. The molecule has 0 bridgehead atoms. The molecular weight excluding hydrogens is 260 g/mol. The zero-order chi connectivity index (χ0) is 13.1. The first-order chi connectivity index (χ1) is 9.35. The number of anilines is 2. The van der Waals surface area contributed by atoms with Crippen molar-refractivity contribution in [1.29, 1.82) is 0 Å². The van der Waals surface area contributed by atoms with E-state index in [2.05, 4.69) is 41.9 Å². The van der Waals surface area contributed by atoms with E-state index in [4.69, 9.17) is 0 Å². The monoisotopic (exact) mass is 276 g/mol. The molecule has 2 aromatic heterocycles. The molecule has 0 aromatic carbocycles. The quantitative estimate of drug-likeness (QED) is 0.848. The highest BCUT2D eigenvalue weighted by Crippen LogP contribution is 2.17. The van der Waals surface area contributed by atoms with Gasteiger partial charge >= 0.3 is 0 Å².